The third-order valence-corrected chi connectivity index (χ3v) is 2.62. The zero-order chi connectivity index (χ0) is 12.8. The van der Waals surface area contributed by atoms with Gasteiger partial charge in [-0.2, -0.15) is 5.26 Å². The Morgan fingerprint density at radius 3 is 2.94 bits per heavy atom. The van der Waals surface area contributed by atoms with Crippen LogP contribution in [0.25, 0.3) is 0 Å². The van der Waals surface area contributed by atoms with E-state index in [9.17, 15) is 4.79 Å². The van der Waals surface area contributed by atoms with Crippen LogP contribution in [0.15, 0.2) is 18.2 Å². The Kier molecular flexibility index (Phi) is 4.95. The lowest BCUT2D eigenvalue weighted by molar-refractivity contribution is -0.117. The standard InChI is InChI=1S/C12H14ClN3O/c1-2-3-10(15)12(17)16-11-6-8(7-14)4-5-9(11)13/h4-6,10H,2-3,15H2,1H3,(H,16,17). The molecule has 0 saturated heterocycles. The van der Waals surface area contributed by atoms with Gasteiger partial charge in [-0.05, 0) is 24.6 Å². The summed E-state index contributed by atoms with van der Waals surface area (Å²) < 4.78 is 0. The van der Waals surface area contributed by atoms with Gasteiger partial charge in [-0.15, -0.1) is 0 Å². The van der Waals surface area contributed by atoms with E-state index in [1.54, 1.807) is 12.1 Å². The molecule has 0 heterocycles. The minimum atomic E-state index is -0.554. The quantitative estimate of drug-likeness (QED) is 0.862. The number of halogens is 1. The monoisotopic (exact) mass is 251 g/mol. The number of hydrogen-bond donors (Lipinski definition) is 2. The molecule has 0 saturated carbocycles. The van der Waals surface area contributed by atoms with Gasteiger partial charge in [0.05, 0.1) is 28.4 Å². The molecule has 4 nitrogen and oxygen atoms in total. The molecule has 1 rings (SSSR count). The summed E-state index contributed by atoms with van der Waals surface area (Å²) in [5.41, 5.74) is 6.53. The van der Waals surface area contributed by atoms with Gasteiger partial charge in [0.1, 0.15) is 0 Å². The molecular weight excluding hydrogens is 238 g/mol. The molecule has 3 N–H and O–H groups in total. The summed E-state index contributed by atoms with van der Waals surface area (Å²) in [6, 6.07) is 6.11. The molecule has 1 amide bonds. The molecule has 5 heteroatoms. The highest BCUT2D eigenvalue weighted by molar-refractivity contribution is 6.33. The molecule has 1 unspecified atom stereocenters. The number of nitrogens with two attached hydrogens (primary N) is 1. The van der Waals surface area contributed by atoms with Crippen molar-refractivity contribution in [1.29, 1.82) is 5.26 Å². The van der Waals surface area contributed by atoms with Crippen LogP contribution in [0.3, 0.4) is 0 Å². The first-order chi connectivity index (χ1) is 8.08. The van der Waals surface area contributed by atoms with Crippen LogP contribution in [0.4, 0.5) is 5.69 Å². The fraction of sp³-hybridized carbons (Fsp3) is 0.333. The molecule has 1 aromatic carbocycles. The Morgan fingerprint density at radius 2 is 2.35 bits per heavy atom. The lowest BCUT2D eigenvalue weighted by Crippen LogP contribution is -2.35. The third-order valence-electron chi connectivity index (χ3n) is 2.29. The lowest BCUT2D eigenvalue weighted by atomic mass is 10.1. The van der Waals surface area contributed by atoms with Gasteiger partial charge in [-0.1, -0.05) is 24.9 Å². The van der Waals surface area contributed by atoms with Gasteiger partial charge in [0.15, 0.2) is 0 Å². The van der Waals surface area contributed by atoms with E-state index < -0.39 is 6.04 Å². The fourth-order valence-corrected chi connectivity index (χ4v) is 1.52. The molecule has 0 fully saturated rings. The molecule has 90 valence electrons. The van der Waals surface area contributed by atoms with Crippen LogP contribution in [0.1, 0.15) is 25.3 Å². The van der Waals surface area contributed by atoms with Crippen molar-refractivity contribution >= 4 is 23.2 Å². The number of nitrogens with zero attached hydrogens (tertiary/aromatic N) is 1. The zero-order valence-electron chi connectivity index (χ0n) is 9.53. The molecule has 0 aliphatic heterocycles. The van der Waals surface area contributed by atoms with Crippen LogP contribution in [0, 0.1) is 11.3 Å². The van der Waals surface area contributed by atoms with Gasteiger partial charge in [-0.3, -0.25) is 4.79 Å². The van der Waals surface area contributed by atoms with Crippen molar-refractivity contribution in [3.63, 3.8) is 0 Å². The van der Waals surface area contributed by atoms with Crippen molar-refractivity contribution in [3.05, 3.63) is 28.8 Å². The van der Waals surface area contributed by atoms with E-state index in [4.69, 9.17) is 22.6 Å². The first-order valence-corrected chi connectivity index (χ1v) is 5.72. The van der Waals surface area contributed by atoms with Gasteiger partial charge < -0.3 is 11.1 Å². The SMILES string of the molecule is CCCC(N)C(=O)Nc1cc(C#N)ccc1Cl. The molecule has 0 bridgehead atoms. The Hall–Kier alpha value is -1.57. The molecule has 0 aromatic heterocycles. The number of carbonyl (C=O) groups excluding carboxylic acids is 1. The summed E-state index contributed by atoms with van der Waals surface area (Å²) in [5.74, 6) is -0.288. The van der Waals surface area contributed by atoms with E-state index in [2.05, 4.69) is 5.32 Å². The average Bonchev–Trinajstić information content (AvgIpc) is 2.32. The van der Waals surface area contributed by atoms with Crippen LogP contribution >= 0.6 is 11.6 Å². The maximum absolute atomic E-state index is 11.7. The van der Waals surface area contributed by atoms with Crippen molar-refractivity contribution in [2.45, 2.75) is 25.8 Å². The van der Waals surface area contributed by atoms with Gasteiger partial charge in [0, 0.05) is 0 Å². The minimum absolute atomic E-state index is 0.288. The maximum Gasteiger partial charge on any atom is 0.241 e. The number of benzene rings is 1. The van der Waals surface area contributed by atoms with Gasteiger partial charge in [-0.25, -0.2) is 0 Å². The van der Waals surface area contributed by atoms with E-state index >= 15 is 0 Å². The van der Waals surface area contributed by atoms with Crippen LogP contribution in [0.5, 0.6) is 0 Å². The van der Waals surface area contributed by atoms with E-state index in [0.29, 0.717) is 22.7 Å². The largest absolute Gasteiger partial charge is 0.323 e. The van der Waals surface area contributed by atoms with Crippen LogP contribution in [-0.4, -0.2) is 11.9 Å². The summed E-state index contributed by atoms with van der Waals surface area (Å²) in [6.07, 6.45) is 1.45. The summed E-state index contributed by atoms with van der Waals surface area (Å²) in [7, 11) is 0. The zero-order valence-corrected chi connectivity index (χ0v) is 10.3. The van der Waals surface area contributed by atoms with Crippen molar-refractivity contribution in [2.75, 3.05) is 5.32 Å². The van der Waals surface area contributed by atoms with Crippen molar-refractivity contribution in [2.24, 2.45) is 5.73 Å². The topological polar surface area (TPSA) is 78.9 Å². The number of rotatable bonds is 4. The molecule has 1 aromatic rings. The second-order valence-electron chi connectivity index (χ2n) is 3.69. The highest BCUT2D eigenvalue weighted by Gasteiger charge is 2.13. The van der Waals surface area contributed by atoms with Crippen LogP contribution in [-0.2, 0) is 4.79 Å². The van der Waals surface area contributed by atoms with Crippen molar-refractivity contribution in [1.82, 2.24) is 0 Å². The molecule has 1 atom stereocenters. The summed E-state index contributed by atoms with van der Waals surface area (Å²) in [5, 5.41) is 11.8. The first kappa shape index (κ1) is 13.5. The molecular formula is C12H14ClN3O. The number of hydrogen-bond acceptors (Lipinski definition) is 3. The van der Waals surface area contributed by atoms with E-state index in [1.807, 2.05) is 13.0 Å². The predicted octanol–water partition coefficient (Wildman–Crippen LogP) is 2.28. The number of carbonyl (C=O) groups is 1. The van der Waals surface area contributed by atoms with E-state index in [0.717, 1.165) is 6.42 Å². The van der Waals surface area contributed by atoms with Gasteiger partial charge >= 0.3 is 0 Å². The van der Waals surface area contributed by atoms with E-state index in [1.165, 1.54) is 6.07 Å². The summed E-state index contributed by atoms with van der Waals surface area (Å²) in [4.78, 5) is 11.7. The predicted molar refractivity (Wildman–Crippen MR) is 67.7 cm³/mol. The minimum Gasteiger partial charge on any atom is -0.323 e. The molecule has 0 aliphatic rings. The molecule has 0 radical (unpaired) electrons. The third kappa shape index (κ3) is 3.74. The van der Waals surface area contributed by atoms with Crippen molar-refractivity contribution in [3.8, 4) is 6.07 Å². The fourth-order valence-electron chi connectivity index (χ4n) is 1.36. The molecule has 0 spiro atoms. The molecule has 0 aliphatic carbocycles. The van der Waals surface area contributed by atoms with Gasteiger partial charge in [0.25, 0.3) is 0 Å². The lowest BCUT2D eigenvalue weighted by Gasteiger charge is -2.12. The number of nitriles is 1. The Bertz CT molecular complexity index is 454. The number of nitrogens with one attached hydrogen (secondary N) is 1. The Balaban J connectivity index is 2.81. The highest BCUT2D eigenvalue weighted by atomic mass is 35.5. The normalized spacial score (nSPS) is 11.6. The van der Waals surface area contributed by atoms with E-state index in [-0.39, 0.29) is 5.91 Å². The maximum atomic E-state index is 11.7. The first-order valence-electron chi connectivity index (χ1n) is 5.34. The molecule has 17 heavy (non-hydrogen) atoms. The van der Waals surface area contributed by atoms with Gasteiger partial charge in [0.2, 0.25) is 5.91 Å². The number of amides is 1. The highest BCUT2D eigenvalue weighted by Crippen LogP contribution is 2.22. The Morgan fingerprint density at radius 1 is 1.65 bits per heavy atom. The summed E-state index contributed by atoms with van der Waals surface area (Å²) in [6.45, 7) is 1.95. The smallest absolute Gasteiger partial charge is 0.241 e. The van der Waals surface area contributed by atoms with Crippen molar-refractivity contribution < 1.29 is 4.79 Å². The summed E-state index contributed by atoms with van der Waals surface area (Å²) >= 11 is 5.91. The van der Waals surface area contributed by atoms with Crippen LogP contribution in [0.2, 0.25) is 5.02 Å². The van der Waals surface area contributed by atoms with Crippen LogP contribution < -0.4 is 11.1 Å². The average molecular weight is 252 g/mol. The number of anilines is 1. The Labute approximate surface area is 105 Å². The second kappa shape index (κ2) is 6.24. The second-order valence-corrected chi connectivity index (χ2v) is 4.10.